The van der Waals surface area contributed by atoms with E-state index in [1.807, 2.05) is 30.9 Å². The number of piperazine rings is 1. The Morgan fingerprint density at radius 1 is 1.00 bits per heavy atom. The van der Waals surface area contributed by atoms with Crippen LogP contribution in [0.4, 0.5) is 5.69 Å². The number of nitrogens with zero attached hydrogens (tertiary/aromatic N) is 3. The van der Waals surface area contributed by atoms with Gasteiger partial charge in [0.25, 0.3) is 5.91 Å². The predicted octanol–water partition coefficient (Wildman–Crippen LogP) is 4.34. The summed E-state index contributed by atoms with van der Waals surface area (Å²) in [5, 5.41) is 3.53. The van der Waals surface area contributed by atoms with Crippen molar-refractivity contribution in [2.45, 2.75) is 33.2 Å². The molecule has 3 rings (SSSR count). The van der Waals surface area contributed by atoms with Gasteiger partial charge in [-0.25, -0.2) is 0 Å². The van der Waals surface area contributed by atoms with Crippen LogP contribution < -0.4 is 5.32 Å². The van der Waals surface area contributed by atoms with Crippen molar-refractivity contribution in [2.24, 2.45) is 0 Å². The normalized spacial score (nSPS) is 15.8. The lowest BCUT2D eigenvalue weighted by Gasteiger charge is -2.40. The fourth-order valence-electron chi connectivity index (χ4n) is 4.67. The van der Waals surface area contributed by atoms with Crippen molar-refractivity contribution >= 4 is 11.6 Å². The second-order valence-electron chi connectivity index (χ2n) is 8.92. The molecular formula is C28H42N4O2. The van der Waals surface area contributed by atoms with Gasteiger partial charge in [0.15, 0.2) is 0 Å². The van der Waals surface area contributed by atoms with Gasteiger partial charge < -0.3 is 15.0 Å². The molecule has 34 heavy (non-hydrogen) atoms. The van der Waals surface area contributed by atoms with E-state index in [0.29, 0.717) is 0 Å². The maximum absolute atomic E-state index is 12.8. The number of benzene rings is 2. The van der Waals surface area contributed by atoms with E-state index in [-0.39, 0.29) is 11.9 Å². The number of amides is 1. The number of rotatable bonds is 12. The zero-order valence-corrected chi connectivity index (χ0v) is 21.4. The summed E-state index contributed by atoms with van der Waals surface area (Å²) in [6, 6.07) is 17.2. The highest BCUT2D eigenvalue weighted by molar-refractivity contribution is 5.94. The molecule has 1 heterocycles. The second kappa shape index (κ2) is 13.5. The van der Waals surface area contributed by atoms with Crippen LogP contribution in [0.5, 0.6) is 0 Å². The van der Waals surface area contributed by atoms with Gasteiger partial charge in [-0.2, -0.15) is 0 Å². The van der Waals surface area contributed by atoms with Crippen LogP contribution >= 0.6 is 0 Å². The quantitative estimate of drug-likeness (QED) is 0.504. The minimum Gasteiger partial charge on any atom is -0.385 e. The number of ether oxygens (including phenoxy) is 1. The Labute approximate surface area is 205 Å². The lowest BCUT2D eigenvalue weighted by atomic mass is 9.94. The fraction of sp³-hybridized carbons (Fsp3) is 0.536. The van der Waals surface area contributed by atoms with Crippen LogP contribution in [0.25, 0.3) is 0 Å². The summed E-state index contributed by atoms with van der Waals surface area (Å²) in [5.74, 6) is 0.102. The standard InChI is InChI=1S/C28H42N4O2/c1-5-15-29-26-10-8-9-25(22-26)27(32-18-16-30(17-19-32)20-21-34-4)23-11-13-24(14-12-23)28(33)31(6-2)7-3/h8-14,22,27,29H,5-7,15-21H2,1-4H3. The van der Waals surface area contributed by atoms with E-state index in [1.165, 1.54) is 11.1 Å². The third kappa shape index (κ3) is 6.81. The Morgan fingerprint density at radius 2 is 1.71 bits per heavy atom. The van der Waals surface area contributed by atoms with Gasteiger partial charge in [-0.1, -0.05) is 31.2 Å². The van der Waals surface area contributed by atoms with Gasteiger partial charge in [0, 0.05) is 70.7 Å². The summed E-state index contributed by atoms with van der Waals surface area (Å²) in [6.45, 7) is 14.5. The van der Waals surface area contributed by atoms with Gasteiger partial charge >= 0.3 is 0 Å². The third-order valence-electron chi connectivity index (χ3n) is 6.69. The molecule has 0 radical (unpaired) electrons. The lowest BCUT2D eigenvalue weighted by Crippen LogP contribution is -2.48. The molecule has 2 aromatic rings. The van der Waals surface area contributed by atoms with Crippen molar-refractivity contribution in [3.8, 4) is 0 Å². The Balaban J connectivity index is 1.86. The second-order valence-corrected chi connectivity index (χ2v) is 8.92. The Kier molecular flexibility index (Phi) is 10.4. The average molecular weight is 467 g/mol. The maximum atomic E-state index is 12.8. The molecule has 6 nitrogen and oxygen atoms in total. The number of carbonyl (C=O) groups is 1. The Hall–Kier alpha value is -2.41. The fourth-order valence-corrected chi connectivity index (χ4v) is 4.67. The van der Waals surface area contributed by atoms with Crippen molar-refractivity contribution in [2.75, 3.05) is 71.4 Å². The van der Waals surface area contributed by atoms with Gasteiger partial charge in [-0.15, -0.1) is 0 Å². The first-order valence-corrected chi connectivity index (χ1v) is 12.8. The average Bonchev–Trinajstić information content (AvgIpc) is 2.88. The summed E-state index contributed by atoms with van der Waals surface area (Å²) in [6.07, 6.45) is 1.10. The molecule has 0 aromatic heterocycles. The summed E-state index contributed by atoms with van der Waals surface area (Å²) < 4.78 is 5.27. The van der Waals surface area contributed by atoms with E-state index in [4.69, 9.17) is 4.74 Å². The third-order valence-corrected chi connectivity index (χ3v) is 6.69. The monoisotopic (exact) mass is 466 g/mol. The van der Waals surface area contributed by atoms with Gasteiger partial charge in [0.2, 0.25) is 0 Å². The molecular weight excluding hydrogens is 424 g/mol. The minimum atomic E-state index is 0.102. The summed E-state index contributed by atoms with van der Waals surface area (Å²) in [5.41, 5.74) is 4.44. The topological polar surface area (TPSA) is 48.1 Å². The molecule has 1 fully saturated rings. The summed E-state index contributed by atoms with van der Waals surface area (Å²) in [7, 11) is 1.76. The Bertz CT molecular complexity index is 874. The first-order chi connectivity index (χ1) is 16.6. The molecule has 0 bridgehead atoms. The van der Waals surface area contributed by atoms with Gasteiger partial charge in [-0.05, 0) is 55.7 Å². The molecule has 0 saturated carbocycles. The number of nitrogens with one attached hydrogen (secondary N) is 1. The van der Waals surface area contributed by atoms with Crippen LogP contribution in [0.2, 0.25) is 0 Å². The van der Waals surface area contributed by atoms with E-state index in [0.717, 1.165) is 76.6 Å². The molecule has 186 valence electrons. The number of anilines is 1. The van der Waals surface area contributed by atoms with Gasteiger partial charge in [0.1, 0.15) is 0 Å². The van der Waals surface area contributed by atoms with Crippen LogP contribution in [0.15, 0.2) is 48.5 Å². The van der Waals surface area contributed by atoms with Gasteiger partial charge in [-0.3, -0.25) is 14.6 Å². The largest absolute Gasteiger partial charge is 0.385 e. The highest BCUT2D eigenvalue weighted by Gasteiger charge is 2.27. The maximum Gasteiger partial charge on any atom is 0.253 e. The molecule has 1 aliphatic heterocycles. The van der Waals surface area contributed by atoms with Crippen molar-refractivity contribution in [3.05, 3.63) is 65.2 Å². The van der Waals surface area contributed by atoms with Crippen LogP contribution in [-0.4, -0.2) is 86.7 Å². The molecule has 1 N–H and O–H groups in total. The van der Waals surface area contributed by atoms with E-state index >= 15 is 0 Å². The molecule has 1 unspecified atom stereocenters. The number of hydrogen-bond donors (Lipinski definition) is 1. The highest BCUT2D eigenvalue weighted by atomic mass is 16.5. The van der Waals surface area contributed by atoms with Crippen LogP contribution in [0, 0.1) is 0 Å². The molecule has 1 amide bonds. The van der Waals surface area contributed by atoms with E-state index in [2.05, 4.69) is 58.4 Å². The van der Waals surface area contributed by atoms with Crippen LogP contribution in [-0.2, 0) is 4.74 Å². The van der Waals surface area contributed by atoms with E-state index in [9.17, 15) is 4.79 Å². The predicted molar refractivity (Wildman–Crippen MR) is 141 cm³/mol. The zero-order chi connectivity index (χ0) is 24.3. The number of hydrogen-bond acceptors (Lipinski definition) is 5. The smallest absolute Gasteiger partial charge is 0.253 e. The van der Waals surface area contributed by atoms with Gasteiger partial charge in [0.05, 0.1) is 12.6 Å². The first kappa shape index (κ1) is 26.2. The molecule has 2 aromatic carbocycles. The zero-order valence-electron chi connectivity index (χ0n) is 21.4. The van der Waals surface area contributed by atoms with Crippen molar-refractivity contribution in [1.29, 1.82) is 0 Å². The number of carbonyl (C=O) groups excluding carboxylic acids is 1. The molecule has 1 atom stereocenters. The minimum absolute atomic E-state index is 0.102. The SMILES string of the molecule is CCCNc1cccc(C(c2ccc(C(=O)N(CC)CC)cc2)N2CCN(CCOC)CC2)c1. The van der Waals surface area contributed by atoms with Crippen molar-refractivity contribution in [3.63, 3.8) is 0 Å². The molecule has 1 aliphatic rings. The highest BCUT2D eigenvalue weighted by Crippen LogP contribution is 2.31. The van der Waals surface area contributed by atoms with Crippen molar-refractivity contribution in [1.82, 2.24) is 14.7 Å². The van der Waals surface area contributed by atoms with Crippen LogP contribution in [0.1, 0.15) is 54.7 Å². The first-order valence-electron chi connectivity index (χ1n) is 12.8. The molecule has 1 saturated heterocycles. The Morgan fingerprint density at radius 3 is 2.32 bits per heavy atom. The number of methoxy groups -OCH3 is 1. The lowest BCUT2D eigenvalue weighted by molar-refractivity contribution is 0.0772. The summed E-state index contributed by atoms with van der Waals surface area (Å²) in [4.78, 5) is 19.7. The molecule has 0 aliphatic carbocycles. The summed E-state index contributed by atoms with van der Waals surface area (Å²) >= 11 is 0. The van der Waals surface area contributed by atoms with Crippen molar-refractivity contribution < 1.29 is 9.53 Å². The molecule has 0 spiro atoms. The van der Waals surface area contributed by atoms with Crippen LogP contribution in [0.3, 0.4) is 0 Å². The van der Waals surface area contributed by atoms with E-state index in [1.54, 1.807) is 7.11 Å². The van der Waals surface area contributed by atoms with E-state index < -0.39 is 0 Å². The molecule has 6 heteroatoms.